The molecule has 1 aliphatic rings. The van der Waals surface area contributed by atoms with Crippen LogP contribution in [0.25, 0.3) is 0 Å². The Morgan fingerprint density at radius 1 is 1.29 bits per heavy atom. The molecule has 2 rings (SSSR count). The Morgan fingerprint density at radius 3 is 2.71 bits per heavy atom. The molecule has 0 aliphatic heterocycles. The van der Waals surface area contributed by atoms with E-state index in [4.69, 9.17) is 0 Å². The van der Waals surface area contributed by atoms with Crippen molar-refractivity contribution in [3.8, 4) is 5.75 Å². The third-order valence-electron chi connectivity index (χ3n) is 3.70. The molecule has 0 spiro atoms. The fourth-order valence-corrected chi connectivity index (χ4v) is 2.92. The highest BCUT2D eigenvalue weighted by Crippen LogP contribution is 2.29. The molecule has 94 valence electrons. The Morgan fingerprint density at radius 2 is 2.00 bits per heavy atom. The summed E-state index contributed by atoms with van der Waals surface area (Å²) < 4.78 is 1.01. The number of hydrogen-bond acceptors (Lipinski definition) is 2. The van der Waals surface area contributed by atoms with E-state index in [1.165, 1.54) is 32.1 Å². The summed E-state index contributed by atoms with van der Waals surface area (Å²) in [4.78, 5) is 0. The molecule has 0 unspecified atom stereocenters. The van der Waals surface area contributed by atoms with Crippen molar-refractivity contribution >= 4 is 15.9 Å². The van der Waals surface area contributed by atoms with E-state index in [1.807, 2.05) is 12.1 Å². The van der Waals surface area contributed by atoms with Crippen molar-refractivity contribution in [3.63, 3.8) is 0 Å². The highest BCUT2D eigenvalue weighted by Gasteiger charge is 2.25. The molecule has 0 saturated heterocycles. The lowest BCUT2D eigenvalue weighted by Crippen LogP contribution is -2.43. The number of aromatic hydroxyl groups is 1. The SMILES string of the molecule is CC1(NCc2cc(Br)ccc2O)CCCCC1. The van der Waals surface area contributed by atoms with Gasteiger partial charge < -0.3 is 10.4 Å². The average Bonchev–Trinajstić information content (AvgIpc) is 2.31. The van der Waals surface area contributed by atoms with Gasteiger partial charge in [-0.15, -0.1) is 0 Å². The molecule has 0 radical (unpaired) electrons. The Labute approximate surface area is 112 Å². The predicted molar refractivity (Wildman–Crippen MR) is 74.1 cm³/mol. The molecule has 0 bridgehead atoms. The van der Waals surface area contributed by atoms with E-state index in [1.54, 1.807) is 6.07 Å². The highest BCUT2D eigenvalue weighted by molar-refractivity contribution is 9.10. The molecule has 0 aromatic heterocycles. The van der Waals surface area contributed by atoms with Crippen LogP contribution < -0.4 is 5.32 Å². The van der Waals surface area contributed by atoms with Crippen molar-refractivity contribution in [3.05, 3.63) is 28.2 Å². The number of phenolic OH excluding ortho intramolecular Hbond substituents is 1. The van der Waals surface area contributed by atoms with Crippen LogP contribution in [0.3, 0.4) is 0 Å². The lowest BCUT2D eigenvalue weighted by atomic mass is 9.83. The van der Waals surface area contributed by atoms with Gasteiger partial charge in [-0.25, -0.2) is 0 Å². The molecular weight excluding hydrogens is 278 g/mol. The van der Waals surface area contributed by atoms with Gasteiger partial charge in [0.15, 0.2) is 0 Å². The molecule has 1 aromatic carbocycles. The molecule has 0 amide bonds. The monoisotopic (exact) mass is 297 g/mol. The van der Waals surface area contributed by atoms with Gasteiger partial charge in [-0.05, 0) is 38.0 Å². The van der Waals surface area contributed by atoms with Gasteiger partial charge in [0.2, 0.25) is 0 Å². The van der Waals surface area contributed by atoms with Crippen molar-refractivity contribution < 1.29 is 5.11 Å². The summed E-state index contributed by atoms with van der Waals surface area (Å²) in [5, 5.41) is 13.4. The van der Waals surface area contributed by atoms with E-state index < -0.39 is 0 Å². The van der Waals surface area contributed by atoms with Gasteiger partial charge in [0.1, 0.15) is 5.75 Å². The summed E-state index contributed by atoms with van der Waals surface area (Å²) in [5.74, 6) is 0.375. The van der Waals surface area contributed by atoms with Gasteiger partial charge >= 0.3 is 0 Å². The molecular formula is C14H20BrNO. The van der Waals surface area contributed by atoms with Gasteiger partial charge in [0, 0.05) is 22.1 Å². The first-order valence-electron chi connectivity index (χ1n) is 6.31. The maximum absolute atomic E-state index is 9.79. The summed E-state index contributed by atoms with van der Waals surface area (Å²) in [6.45, 7) is 3.03. The second-order valence-electron chi connectivity index (χ2n) is 5.25. The van der Waals surface area contributed by atoms with Crippen LogP contribution in [0.2, 0.25) is 0 Å². The summed E-state index contributed by atoms with van der Waals surface area (Å²) in [7, 11) is 0. The zero-order valence-corrected chi connectivity index (χ0v) is 11.9. The lowest BCUT2D eigenvalue weighted by molar-refractivity contribution is 0.251. The van der Waals surface area contributed by atoms with Crippen LogP contribution in [0.4, 0.5) is 0 Å². The first-order valence-corrected chi connectivity index (χ1v) is 7.11. The molecule has 2 N–H and O–H groups in total. The average molecular weight is 298 g/mol. The molecule has 0 atom stereocenters. The minimum absolute atomic E-state index is 0.243. The van der Waals surface area contributed by atoms with E-state index in [2.05, 4.69) is 28.2 Å². The quantitative estimate of drug-likeness (QED) is 0.885. The molecule has 0 heterocycles. The van der Waals surface area contributed by atoms with Crippen molar-refractivity contribution in [2.24, 2.45) is 0 Å². The number of nitrogens with one attached hydrogen (secondary N) is 1. The largest absolute Gasteiger partial charge is 0.508 e. The van der Waals surface area contributed by atoms with Crippen LogP contribution in [0.5, 0.6) is 5.75 Å². The van der Waals surface area contributed by atoms with E-state index in [0.717, 1.165) is 16.6 Å². The molecule has 1 aliphatic carbocycles. The second kappa shape index (κ2) is 5.40. The van der Waals surface area contributed by atoms with Gasteiger partial charge in [0.25, 0.3) is 0 Å². The minimum Gasteiger partial charge on any atom is -0.508 e. The first-order chi connectivity index (χ1) is 8.09. The molecule has 1 aromatic rings. The van der Waals surface area contributed by atoms with Gasteiger partial charge in [-0.2, -0.15) is 0 Å². The third kappa shape index (κ3) is 3.46. The Bertz CT molecular complexity index is 386. The smallest absolute Gasteiger partial charge is 0.120 e. The third-order valence-corrected chi connectivity index (χ3v) is 4.20. The number of benzene rings is 1. The van der Waals surface area contributed by atoms with Crippen LogP contribution >= 0.6 is 15.9 Å². The molecule has 3 heteroatoms. The molecule has 17 heavy (non-hydrogen) atoms. The predicted octanol–water partition coefficient (Wildman–Crippen LogP) is 3.97. The summed E-state index contributed by atoms with van der Waals surface area (Å²) in [6.07, 6.45) is 6.46. The van der Waals surface area contributed by atoms with Crippen molar-refractivity contribution in [1.82, 2.24) is 5.32 Å². The number of phenols is 1. The van der Waals surface area contributed by atoms with Crippen molar-refractivity contribution in [1.29, 1.82) is 0 Å². The van der Waals surface area contributed by atoms with E-state index in [-0.39, 0.29) is 5.54 Å². The number of rotatable bonds is 3. The Kier molecular flexibility index (Phi) is 4.10. The van der Waals surface area contributed by atoms with Gasteiger partial charge in [-0.1, -0.05) is 35.2 Å². The summed E-state index contributed by atoms with van der Waals surface area (Å²) in [6, 6.07) is 5.58. The molecule has 2 nitrogen and oxygen atoms in total. The highest BCUT2D eigenvalue weighted by atomic mass is 79.9. The van der Waals surface area contributed by atoms with Crippen LogP contribution in [0.1, 0.15) is 44.6 Å². The molecule has 1 saturated carbocycles. The second-order valence-corrected chi connectivity index (χ2v) is 6.16. The van der Waals surface area contributed by atoms with Crippen LogP contribution in [-0.4, -0.2) is 10.6 Å². The zero-order chi connectivity index (χ0) is 12.3. The summed E-state index contributed by atoms with van der Waals surface area (Å²) >= 11 is 3.44. The fraction of sp³-hybridized carbons (Fsp3) is 0.571. The number of hydrogen-bond donors (Lipinski definition) is 2. The van der Waals surface area contributed by atoms with Crippen LogP contribution in [0, 0.1) is 0 Å². The molecule has 1 fully saturated rings. The normalized spacial score (nSPS) is 19.2. The summed E-state index contributed by atoms with van der Waals surface area (Å²) in [5.41, 5.74) is 1.21. The van der Waals surface area contributed by atoms with Gasteiger partial charge in [0.05, 0.1) is 0 Å². The van der Waals surface area contributed by atoms with Crippen molar-refractivity contribution in [2.45, 2.75) is 51.1 Å². The minimum atomic E-state index is 0.243. The Balaban J connectivity index is 1.99. The zero-order valence-electron chi connectivity index (χ0n) is 10.3. The van der Waals surface area contributed by atoms with E-state index in [9.17, 15) is 5.11 Å². The van der Waals surface area contributed by atoms with Crippen LogP contribution in [-0.2, 0) is 6.54 Å². The van der Waals surface area contributed by atoms with Gasteiger partial charge in [-0.3, -0.25) is 0 Å². The lowest BCUT2D eigenvalue weighted by Gasteiger charge is -2.35. The fourth-order valence-electron chi connectivity index (χ4n) is 2.51. The van der Waals surface area contributed by atoms with E-state index >= 15 is 0 Å². The topological polar surface area (TPSA) is 32.3 Å². The first kappa shape index (κ1) is 12.9. The Hall–Kier alpha value is -0.540. The van der Waals surface area contributed by atoms with E-state index in [0.29, 0.717) is 5.75 Å². The standard InChI is InChI=1S/C14H20BrNO/c1-14(7-3-2-4-8-14)16-10-11-9-12(15)5-6-13(11)17/h5-6,9,16-17H,2-4,7-8,10H2,1H3. The maximum atomic E-state index is 9.79. The maximum Gasteiger partial charge on any atom is 0.120 e. The van der Waals surface area contributed by atoms with Crippen LogP contribution in [0.15, 0.2) is 22.7 Å². The number of halogens is 1. The van der Waals surface area contributed by atoms with Crippen molar-refractivity contribution in [2.75, 3.05) is 0 Å².